The monoisotopic (exact) mass is 336 g/mol. The van der Waals surface area contributed by atoms with Crippen LogP contribution in [0.1, 0.15) is 28.1 Å². The zero-order valence-electron chi connectivity index (χ0n) is 12.8. The molecule has 0 saturated heterocycles. The summed E-state index contributed by atoms with van der Waals surface area (Å²) in [4.78, 5) is 31.8. The highest BCUT2D eigenvalue weighted by molar-refractivity contribution is 6.04. The second kappa shape index (κ2) is 6.11. The fourth-order valence-corrected chi connectivity index (χ4v) is 2.48. The molecule has 3 aromatic rings. The Morgan fingerprint density at radius 3 is 3.08 bits per heavy atom. The molecule has 1 aliphatic heterocycles. The largest absolute Gasteiger partial charge is 0.342 e. The van der Waals surface area contributed by atoms with Crippen LogP contribution < -0.4 is 5.32 Å². The molecule has 0 fully saturated rings. The van der Waals surface area contributed by atoms with Gasteiger partial charge in [-0.2, -0.15) is 10.1 Å². The van der Waals surface area contributed by atoms with E-state index in [0.717, 1.165) is 10.9 Å². The number of aliphatic imine (C=N–C) groups is 1. The number of hydrogen-bond donors (Lipinski definition) is 2. The van der Waals surface area contributed by atoms with Crippen molar-refractivity contribution in [1.29, 1.82) is 0 Å². The molecule has 1 unspecified atom stereocenters. The van der Waals surface area contributed by atoms with E-state index in [1.807, 2.05) is 18.2 Å². The van der Waals surface area contributed by atoms with Gasteiger partial charge in [0.2, 0.25) is 5.89 Å². The van der Waals surface area contributed by atoms with E-state index in [-0.39, 0.29) is 35.8 Å². The number of aromatic nitrogens is 4. The van der Waals surface area contributed by atoms with Crippen LogP contribution in [0.4, 0.5) is 0 Å². The highest BCUT2D eigenvalue weighted by Gasteiger charge is 2.24. The first-order valence-corrected chi connectivity index (χ1v) is 7.51. The molecule has 2 aromatic heterocycles. The summed E-state index contributed by atoms with van der Waals surface area (Å²) >= 11 is 0. The van der Waals surface area contributed by atoms with Crippen molar-refractivity contribution in [2.45, 2.75) is 12.5 Å². The van der Waals surface area contributed by atoms with E-state index in [1.54, 1.807) is 18.2 Å². The Labute approximate surface area is 140 Å². The van der Waals surface area contributed by atoms with Gasteiger partial charge in [0.15, 0.2) is 11.5 Å². The Bertz CT molecular complexity index is 1020. The summed E-state index contributed by atoms with van der Waals surface area (Å²) in [5.74, 6) is -0.975. The van der Waals surface area contributed by atoms with E-state index < -0.39 is 5.92 Å². The van der Waals surface area contributed by atoms with Crippen LogP contribution in [0.5, 0.6) is 0 Å². The van der Waals surface area contributed by atoms with Crippen LogP contribution in [0.25, 0.3) is 10.9 Å². The maximum atomic E-state index is 12.3. The van der Waals surface area contributed by atoms with Crippen molar-refractivity contribution in [1.82, 2.24) is 25.7 Å². The van der Waals surface area contributed by atoms with Gasteiger partial charge < -0.3 is 9.84 Å². The third-order valence-corrected chi connectivity index (χ3v) is 3.71. The van der Waals surface area contributed by atoms with Gasteiger partial charge in [-0.1, -0.05) is 29.4 Å². The smallest absolute Gasteiger partial charge is 0.272 e. The van der Waals surface area contributed by atoms with Gasteiger partial charge in [-0.25, -0.2) is 4.99 Å². The van der Waals surface area contributed by atoms with Gasteiger partial charge in [0.1, 0.15) is 5.92 Å². The number of rotatable bonds is 4. The molecule has 124 valence electrons. The quantitative estimate of drug-likeness (QED) is 0.735. The normalized spacial score (nSPS) is 16.5. The van der Waals surface area contributed by atoms with Crippen molar-refractivity contribution in [3.8, 4) is 0 Å². The number of para-hydroxylation sites is 1. The van der Waals surface area contributed by atoms with Gasteiger partial charge in [0.25, 0.3) is 11.8 Å². The fourth-order valence-electron chi connectivity index (χ4n) is 2.48. The minimum atomic E-state index is -0.659. The topological polar surface area (TPSA) is 126 Å². The number of carbonyl (C=O) groups is 2. The standard InChI is InChI=1S/C16H12N6O3/c23-15-10(5-3-7-17-15)14-19-12(25-22-14)8-18-16(24)13-9-4-1-2-6-11(9)20-21-13/h1-7,10H,8H2,(H,18,24)(H,20,21). The molecule has 3 heterocycles. The number of nitrogens with one attached hydrogen (secondary N) is 2. The highest BCUT2D eigenvalue weighted by atomic mass is 16.5. The molecule has 0 spiro atoms. The molecular formula is C16H12N6O3. The summed E-state index contributed by atoms with van der Waals surface area (Å²) in [5.41, 5.74) is 1.06. The van der Waals surface area contributed by atoms with E-state index in [1.165, 1.54) is 6.21 Å². The molecule has 1 aromatic carbocycles. The van der Waals surface area contributed by atoms with Gasteiger partial charge in [-0.3, -0.25) is 14.7 Å². The lowest BCUT2D eigenvalue weighted by Crippen LogP contribution is -2.23. The van der Waals surface area contributed by atoms with Crippen LogP contribution in [-0.4, -0.2) is 38.4 Å². The SMILES string of the molecule is O=C(NCc1nc(C2C=CC=NC2=O)no1)c1n[nH]c2ccccc12. The molecular weight excluding hydrogens is 324 g/mol. The number of benzene rings is 1. The Hall–Kier alpha value is -3.62. The molecule has 4 rings (SSSR count). The predicted octanol–water partition coefficient (Wildman–Crippen LogP) is 1.13. The number of fused-ring (bicyclic) bond motifs is 1. The molecule has 0 radical (unpaired) electrons. The number of allylic oxidation sites excluding steroid dienone is 1. The molecule has 25 heavy (non-hydrogen) atoms. The first-order chi connectivity index (χ1) is 12.2. The van der Waals surface area contributed by atoms with Crippen molar-refractivity contribution >= 4 is 28.9 Å². The summed E-state index contributed by atoms with van der Waals surface area (Å²) in [6, 6.07) is 7.32. The summed E-state index contributed by atoms with van der Waals surface area (Å²) in [6.07, 6.45) is 4.69. The third-order valence-electron chi connectivity index (χ3n) is 3.71. The second-order valence-corrected chi connectivity index (χ2v) is 5.33. The maximum absolute atomic E-state index is 12.3. The average molecular weight is 336 g/mol. The Morgan fingerprint density at radius 1 is 1.32 bits per heavy atom. The van der Waals surface area contributed by atoms with Crippen LogP contribution >= 0.6 is 0 Å². The molecule has 0 saturated carbocycles. The number of carbonyl (C=O) groups excluding carboxylic acids is 2. The molecule has 2 amide bonds. The second-order valence-electron chi connectivity index (χ2n) is 5.33. The van der Waals surface area contributed by atoms with Crippen molar-refractivity contribution in [3.63, 3.8) is 0 Å². The molecule has 2 N–H and O–H groups in total. The number of aromatic amines is 1. The zero-order valence-corrected chi connectivity index (χ0v) is 12.8. The lowest BCUT2D eigenvalue weighted by Gasteiger charge is -2.04. The van der Waals surface area contributed by atoms with Crippen molar-refractivity contribution in [2.24, 2.45) is 4.99 Å². The average Bonchev–Trinajstić information content (AvgIpc) is 3.27. The van der Waals surface area contributed by atoms with E-state index >= 15 is 0 Å². The fraction of sp³-hybridized carbons (Fsp3) is 0.125. The zero-order chi connectivity index (χ0) is 17.2. The number of H-pyrrole nitrogens is 1. The minimum Gasteiger partial charge on any atom is -0.342 e. The first kappa shape index (κ1) is 14.9. The third kappa shape index (κ3) is 2.82. The summed E-state index contributed by atoms with van der Waals surface area (Å²) in [7, 11) is 0. The number of nitrogens with zero attached hydrogens (tertiary/aromatic N) is 4. The molecule has 0 aliphatic carbocycles. The van der Waals surface area contributed by atoms with Gasteiger partial charge in [0.05, 0.1) is 12.1 Å². The Balaban J connectivity index is 1.45. The van der Waals surface area contributed by atoms with Crippen LogP contribution in [-0.2, 0) is 11.3 Å². The van der Waals surface area contributed by atoms with Crippen LogP contribution in [0.2, 0.25) is 0 Å². The van der Waals surface area contributed by atoms with Gasteiger partial charge in [0, 0.05) is 11.6 Å². The van der Waals surface area contributed by atoms with Gasteiger partial charge in [-0.05, 0) is 12.1 Å². The van der Waals surface area contributed by atoms with E-state index in [9.17, 15) is 9.59 Å². The van der Waals surface area contributed by atoms with Crippen molar-refractivity contribution in [2.75, 3.05) is 0 Å². The highest BCUT2D eigenvalue weighted by Crippen LogP contribution is 2.18. The summed E-state index contributed by atoms with van der Waals surface area (Å²) < 4.78 is 5.08. The number of dihydropyridines is 1. The van der Waals surface area contributed by atoms with Gasteiger partial charge in [-0.15, -0.1) is 0 Å². The van der Waals surface area contributed by atoms with Crippen LogP contribution in [0.15, 0.2) is 45.9 Å². The minimum absolute atomic E-state index is 0.0287. The lowest BCUT2D eigenvalue weighted by atomic mass is 10.1. The van der Waals surface area contributed by atoms with Gasteiger partial charge >= 0.3 is 0 Å². The number of hydrogen-bond acceptors (Lipinski definition) is 6. The molecule has 9 nitrogen and oxygen atoms in total. The Morgan fingerprint density at radius 2 is 2.20 bits per heavy atom. The molecule has 1 aliphatic rings. The predicted molar refractivity (Wildman–Crippen MR) is 86.9 cm³/mol. The van der Waals surface area contributed by atoms with Crippen LogP contribution in [0, 0.1) is 0 Å². The molecule has 1 atom stereocenters. The van der Waals surface area contributed by atoms with E-state index in [4.69, 9.17) is 4.52 Å². The Kier molecular flexibility index (Phi) is 3.65. The first-order valence-electron chi connectivity index (χ1n) is 7.51. The summed E-state index contributed by atoms with van der Waals surface area (Å²) in [6.45, 7) is 0.0287. The van der Waals surface area contributed by atoms with Crippen LogP contribution in [0.3, 0.4) is 0 Å². The lowest BCUT2D eigenvalue weighted by molar-refractivity contribution is -0.118. The van der Waals surface area contributed by atoms with E-state index in [0.29, 0.717) is 0 Å². The van der Waals surface area contributed by atoms with Crippen molar-refractivity contribution < 1.29 is 14.1 Å². The van der Waals surface area contributed by atoms with Crippen molar-refractivity contribution in [3.05, 3.63) is 53.8 Å². The molecule has 9 heteroatoms. The molecule has 0 bridgehead atoms. The number of amides is 2. The van der Waals surface area contributed by atoms with E-state index in [2.05, 4.69) is 30.6 Å². The summed E-state index contributed by atoms with van der Waals surface area (Å²) in [5, 5.41) is 14.0. The maximum Gasteiger partial charge on any atom is 0.272 e.